The van der Waals surface area contributed by atoms with E-state index in [9.17, 15) is 9.59 Å². The lowest BCUT2D eigenvalue weighted by Gasteiger charge is -2.14. The zero-order valence-electron chi connectivity index (χ0n) is 10.9. The number of aromatic nitrogens is 3. The molecule has 0 aliphatic carbocycles. The first-order valence-corrected chi connectivity index (χ1v) is 6.40. The minimum absolute atomic E-state index is 0.0536. The lowest BCUT2D eigenvalue weighted by Crippen LogP contribution is -2.31. The van der Waals surface area contributed by atoms with Crippen LogP contribution in [0.4, 0.5) is 11.6 Å². The Balaban J connectivity index is 1.99. The molecule has 0 saturated heterocycles. The van der Waals surface area contributed by atoms with Crippen LogP contribution >= 0.6 is 11.6 Å². The first kappa shape index (κ1) is 13.3. The second kappa shape index (κ2) is 4.71. The molecule has 2 amide bonds. The van der Waals surface area contributed by atoms with Gasteiger partial charge in [0.25, 0.3) is 11.8 Å². The molecule has 0 unspecified atom stereocenters. The van der Waals surface area contributed by atoms with E-state index in [1.54, 1.807) is 31.2 Å². The maximum Gasteiger partial charge on any atom is 0.284 e. The Bertz CT molecular complexity index is 778. The normalized spacial score (nSPS) is 14.8. The molecule has 1 aliphatic heterocycles. The van der Waals surface area contributed by atoms with Crippen LogP contribution in [0.2, 0.25) is 5.02 Å². The summed E-state index contributed by atoms with van der Waals surface area (Å²) < 4.78 is 1.16. The van der Waals surface area contributed by atoms with Crippen LogP contribution in [-0.2, 0) is 9.59 Å². The average Bonchev–Trinajstić information content (AvgIpc) is 2.91. The van der Waals surface area contributed by atoms with Gasteiger partial charge in [-0.15, -0.1) is 5.10 Å². The van der Waals surface area contributed by atoms with Crippen molar-refractivity contribution in [2.75, 3.05) is 10.6 Å². The number of amides is 2. The largest absolute Gasteiger partial charge is 0.368 e. The number of nitrogen functional groups attached to an aromatic ring is 1. The number of halogens is 1. The van der Waals surface area contributed by atoms with Crippen LogP contribution in [0.25, 0.3) is 5.70 Å². The summed E-state index contributed by atoms with van der Waals surface area (Å²) >= 11 is 5.80. The molecule has 3 rings (SSSR count). The second-order valence-corrected chi connectivity index (χ2v) is 4.85. The number of rotatable bonds is 2. The van der Waals surface area contributed by atoms with Gasteiger partial charge in [0.2, 0.25) is 5.95 Å². The molecule has 2 N–H and O–H groups in total. The van der Waals surface area contributed by atoms with Gasteiger partial charge in [0.15, 0.2) is 0 Å². The predicted octanol–water partition coefficient (Wildman–Crippen LogP) is 1.24. The molecule has 21 heavy (non-hydrogen) atoms. The molecule has 1 aromatic heterocycles. The van der Waals surface area contributed by atoms with E-state index < -0.39 is 11.8 Å². The zero-order chi connectivity index (χ0) is 15.1. The van der Waals surface area contributed by atoms with E-state index in [1.807, 2.05) is 0 Å². The lowest BCUT2D eigenvalue weighted by atomic mass is 10.3. The third-order valence-corrected chi connectivity index (χ3v) is 3.21. The van der Waals surface area contributed by atoms with Crippen molar-refractivity contribution in [3.8, 4) is 0 Å². The maximum absolute atomic E-state index is 12.4. The van der Waals surface area contributed by atoms with Gasteiger partial charge >= 0.3 is 0 Å². The van der Waals surface area contributed by atoms with Gasteiger partial charge in [-0.3, -0.25) is 9.59 Å². The van der Waals surface area contributed by atoms with E-state index in [4.69, 9.17) is 17.3 Å². The number of aryl methyl sites for hydroxylation is 1. The quantitative estimate of drug-likeness (QED) is 0.842. The van der Waals surface area contributed by atoms with Crippen molar-refractivity contribution < 1.29 is 9.59 Å². The van der Waals surface area contributed by atoms with Gasteiger partial charge in [-0.1, -0.05) is 11.6 Å². The van der Waals surface area contributed by atoms with Gasteiger partial charge in [-0.2, -0.15) is 9.67 Å². The van der Waals surface area contributed by atoms with E-state index in [0.29, 0.717) is 16.5 Å². The van der Waals surface area contributed by atoms with Gasteiger partial charge in [0, 0.05) is 11.1 Å². The highest BCUT2D eigenvalue weighted by molar-refractivity contribution is 6.41. The van der Waals surface area contributed by atoms with Crippen molar-refractivity contribution in [3.05, 3.63) is 41.2 Å². The molecule has 8 heteroatoms. The van der Waals surface area contributed by atoms with Gasteiger partial charge in [-0.25, -0.2) is 4.90 Å². The van der Waals surface area contributed by atoms with Crippen LogP contribution < -0.4 is 10.6 Å². The highest BCUT2D eigenvalue weighted by atomic mass is 35.5. The summed E-state index contributed by atoms with van der Waals surface area (Å²) in [5.74, 6) is -0.514. The molecule has 0 fully saturated rings. The molecular weight excluding hydrogens is 294 g/mol. The summed E-state index contributed by atoms with van der Waals surface area (Å²) in [6, 6.07) is 6.38. The molecular formula is C13H10ClN5O2. The Morgan fingerprint density at radius 2 is 1.86 bits per heavy atom. The Labute approximate surface area is 124 Å². The van der Waals surface area contributed by atoms with E-state index >= 15 is 0 Å². The van der Waals surface area contributed by atoms with Gasteiger partial charge in [0.05, 0.1) is 5.69 Å². The molecule has 1 aromatic carbocycles. The number of anilines is 2. The number of imide groups is 1. The van der Waals surface area contributed by atoms with Crippen LogP contribution in [0, 0.1) is 6.92 Å². The molecule has 0 bridgehead atoms. The van der Waals surface area contributed by atoms with Gasteiger partial charge in [-0.05, 0) is 31.2 Å². The summed E-state index contributed by atoms with van der Waals surface area (Å²) in [4.78, 5) is 29.4. The number of nitrogens with two attached hydrogens (primary N) is 1. The zero-order valence-corrected chi connectivity index (χ0v) is 11.7. The second-order valence-electron chi connectivity index (χ2n) is 4.41. The maximum atomic E-state index is 12.4. The fraction of sp³-hybridized carbons (Fsp3) is 0.0769. The first-order chi connectivity index (χ1) is 9.97. The highest BCUT2D eigenvalue weighted by Crippen LogP contribution is 2.26. The first-order valence-electron chi connectivity index (χ1n) is 6.02. The lowest BCUT2D eigenvalue weighted by molar-refractivity contribution is -0.119. The van der Waals surface area contributed by atoms with E-state index in [1.165, 1.54) is 6.08 Å². The van der Waals surface area contributed by atoms with Gasteiger partial charge < -0.3 is 5.73 Å². The molecule has 0 radical (unpaired) electrons. The summed E-state index contributed by atoms with van der Waals surface area (Å²) in [7, 11) is 0. The van der Waals surface area contributed by atoms with Crippen molar-refractivity contribution in [1.82, 2.24) is 14.8 Å². The number of carbonyl (C=O) groups is 2. The number of nitrogens with zero attached hydrogens (tertiary/aromatic N) is 4. The minimum Gasteiger partial charge on any atom is -0.368 e. The smallest absolute Gasteiger partial charge is 0.284 e. The van der Waals surface area contributed by atoms with Crippen molar-refractivity contribution in [3.63, 3.8) is 0 Å². The summed E-state index contributed by atoms with van der Waals surface area (Å²) in [5.41, 5.74) is 6.17. The third-order valence-electron chi connectivity index (χ3n) is 2.95. The summed E-state index contributed by atoms with van der Waals surface area (Å²) in [5, 5.41) is 4.53. The molecule has 0 spiro atoms. The fourth-order valence-corrected chi connectivity index (χ4v) is 2.18. The Hall–Kier alpha value is -2.67. The average molecular weight is 304 g/mol. The predicted molar refractivity (Wildman–Crippen MR) is 77.4 cm³/mol. The number of benzene rings is 1. The molecule has 2 aromatic rings. The number of hydrogen-bond acceptors (Lipinski definition) is 5. The van der Waals surface area contributed by atoms with E-state index in [2.05, 4.69) is 10.1 Å². The van der Waals surface area contributed by atoms with Crippen LogP contribution in [0.3, 0.4) is 0 Å². The molecule has 0 saturated carbocycles. The van der Waals surface area contributed by atoms with Crippen molar-refractivity contribution in [2.24, 2.45) is 0 Å². The Kier molecular flexibility index (Phi) is 2.99. The number of carbonyl (C=O) groups excluding carboxylic acids is 2. The highest BCUT2D eigenvalue weighted by Gasteiger charge is 2.34. The Morgan fingerprint density at radius 3 is 2.43 bits per heavy atom. The van der Waals surface area contributed by atoms with E-state index in [-0.39, 0.29) is 11.6 Å². The number of hydrogen-bond donors (Lipinski definition) is 1. The fourth-order valence-electron chi connectivity index (χ4n) is 2.05. The SMILES string of the molecule is Cc1nc(N)n(C2=CC(=O)N(c3ccc(Cl)cc3)C2=O)n1. The topological polar surface area (TPSA) is 94.1 Å². The van der Waals surface area contributed by atoms with Crippen LogP contribution in [0.15, 0.2) is 30.3 Å². The van der Waals surface area contributed by atoms with E-state index in [0.717, 1.165) is 9.58 Å². The van der Waals surface area contributed by atoms with Crippen molar-refractivity contribution in [1.29, 1.82) is 0 Å². The molecule has 2 heterocycles. The van der Waals surface area contributed by atoms with Crippen molar-refractivity contribution >= 4 is 40.7 Å². The van der Waals surface area contributed by atoms with Crippen LogP contribution in [0.5, 0.6) is 0 Å². The molecule has 106 valence electrons. The summed E-state index contributed by atoms with van der Waals surface area (Å²) in [6.45, 7) is 1.64. The summed E-state index contributed by atoms with van der Waals surface area (Å²) in [6.07, 6.45) is 1.18. The monoisotopic (exact) mass is 303 g/mol. The Morgan fingerprint density at radius 1 is 1.19 bits per heavy atom. The molecule has 1 aliphatic rings. The molecule has 0 atom stereocenters. The van der Waals surface area contributed by atoms with Crippen LogP contribution in [0.1, 0.15) is 5.82 Å². The molecule has 7 nitrogen and oxygen atoms in total. The van der Waals surface area contributed by atoms with Crippen LogP contribution in [-0.4, -0.2) is 26.6 Å². The van der Waals surface area contributed by atoms with Gasteiger partial charge in [0.1, 0.15) is 11.5 Å². The van der Waals surface area contributed by atoms with Crippen molar-refractivity contribution in [2.45, 2.75) is 6.92 Å². The third kappa shape index (κ3) is 2.17. The standard InChI is InChI=1S/C13H10ClN5O2/c1-7-16-13(15)19(17-7)10-6-11(20)18(12(10)21)9-4-2-8(14)3-5-9/h2-6H,1H3,(H2,15,16,17). The minimum atomic E-state index is -0.515.